The average Bonchev–Trinajstić information content (AvgIpc) is 3.20. The number of fused-ring (bicyclic) bond motifs is 1. The molecular weight excluding hydrogens is 466 g/mol. The minimum absolute atomic E-state index is 0.161. The highest BCUT2D eigenvalue weighted by Gasteiger charge is 2.28. The van der Waals surface area contributed by atoms with Crippen LogP contribution in [-0.4, -0.2) is 35.1 Å². The van der Waals surface area contributed by atoms with Crippen LogP contribution in [0.25, 0.3) is 16.9 Å². The van der Waals surface area contributed by atoms with E-state index in [-0.39, 0.29) is 11.0 Å². The third-order valence-electron chi connectivity index (χ3n) is 5.88. The summed E-state index contributed by atoms with van der Waals surface area (Å²) in [5.41, 5.74) is 2.95. The van der Waals surface area contributed by atoms with E-state index in [1.165, 1.54) is 14.2 Å². The minimum atomic E-state index is -0.496. The van der Waals surface area contributed by atoms with Crippen molar-refractivity contribution < 1.29 is 19.0 Å². The number of pyridine rings is 1. The number of esters is 1. The normalized spacial score (nSPS) is 11.9. The quantitative estimate of drug-likeness (QED) is 0.210. The molecular formula is C30H35N3O4. The number of aromatic nitrogens is 2. The molecule has 0 aliphatic heterocycles. The molecule has 0 saturated carbocycles. The molecule has 194 valence electrons. The van der Waals surface area contributed by atoms with Crippen LogP contribution in [0.15, 0.2) is 66.9 Å². The van der Waals surface area contributed by atoms with Crippen LogP contribution >= 0.6 is 0 Å². The van der Waals surface area contributed by atoms with Gasteiger partial charge >= 0.3 is 5.97 Å². The van der Waals surface area contributed by atoms with E-state index >= 15 is 0 Å². The Morgan fingerprint density at radius 1 is 0.892 bits per heavy atom. The lowest BCUT2D eigenvalue weighted by atomic mass is 9.82. The molecule has 0 radical (unpaired) electrons. The fraction of sp³-hybridized carbons (Fsp3) is 0.333. The van der Waals surface area contributed by atoms with Crippen molar-refractivity contribution in [1.82, 2.24) is 9.38 Å². The first-order valence-corrected chi connectivity index (χ1v) is 12.3. The molecule has 0 bridgehead atoms. The summed E-state index contributed by atoms with van der Waals surface area (Å²) < 4.78 is 18.2. The summed E-state index contributed by atoms with van der Waals surface area (Å²) in [7, 11) is 3.07. The molecule has 1 N–H and O–H groups in total. The van der Waals surface area contributed by atoms with Crippen LogP contribution in [0, 0.1) is 5.41 Å². The van der Waals surface area contributed by atoms with Gasteiger partial charge < -0.3 is 19.5 Å². The van der Waals surface area contributed by atoms with Crippen LogP contribution < -0.4 is 19.5 Å². The van der Waals surface area contributed by atoms with Crippen molar-refractivity contribution in [3.63, 3.8) is 0 Å². The summed E-state index contributed by atoms with van der Waals surface area (Å²) in [6.07, 6.45) is 2.99. The molecule has 0 atom stereocenters. The van der Waals surface area contributed by atoms with Crippen molar-refractivity contribution in [1.29, 1.82) is 0 Å². The Kier molecular flexibility index (Phi) is 7.16. The van der Waals surface area contributed by atoms with Crippen molar-refractivity contribution in [2.24, 2.45) is 5.41 Å². The lowest BCUT2D eigenvalue weighted by molar-refractivity contribution is 0.0734. The highest BCUT2D eigenvalue weighted by Crippen LogP contribution is 2.35. The summed E-state index contributed by atoms with van der Waals surface area (Å²) in [6.45, 7) is 11.1. The molecule has 0 aliphatic carbocycles. The number of ether oxygens (including phenoxy) is 3. The molecule has 2 heterocycles. The highest BCUT2D eigenvalue weighted by atomic mass is 16.5. The number of hydrogen-bond acceptors (Lipinski definition) is 6. The minimum Gasteiger partial charge on any atom is -0.497 e. The van der Waals surface area contributed by atoms with E-state index in [1.54, 1.807) is 30.3 Å². The van der Waals surface area contributed by atoms with Crippen LogP contribution in [0.1, 0.15) is 51.4 Å². The Morgan fingerprint density at radius 3 is 2.14 bits per heavy atom. The van der Waals surface area contributed by atoms with Gasteiger partial charge in [0.05, 0.1) is 19.8 Å². The Morgan fingerprint density at radius 2 is 1.54 bits per heavy atom. The molecule has 0 saturated heterocycles. The number of methoxy groups -OCH3 is 2. The number of carbonyl (C=O) groups excluding carboxylic acids is 1. The van der Waals surface area contributed by atoms with Gasteiger partial charge in [0.2, 0.25) is 0 Å². The van der Waals surface area contributed by atoms with Crippen molar-refractivity contribution in [3.8, 4) is 28.5 Å². The van der Waals surface area contributed by atoms with Crippen molar-refractivity contribution in [2.45, 2.75) is 46.6 Å². The fourth-order valence-corrected chi connectivity index (χ4v) is 4.78. The third kappa shape index (κ3) is 6.23. The van der Waals surface area contributed by atoms with E-state index in [9.17, 15) is 4.79 Å². The van der Waals surface area contributed by atoms with Gasteiger partial charge in [-0.3, -0.25) is 4.40 Å². The number of nitrogens with one attached hydrogen (secondary N) is 1. The van der Waals surface area contributed by atoms with E-state index in [2.05, 4.69) is 44.3 Å². The molecule has 0 aliphatic rings. The molecule has 4 rings (SSSR count). The van der Waals surface area contributed by atoms with Crippen LogP contribution in [0.4, 0.5) is 5.82 Å². The van der Waals surface area contributed by atoms with Gasteiger partial charge in [-0.05, 0) is 74.2 Å². The zero-order chi connectivity index (χ0) is 26.8. The maximum absolute atomic E-state index is 12.8. The van der Waals surface area contributed by atoms with E-state index < -0.39 is 5.97 Å². The van der Waals surface area contributed by atoms with E-state index in [1.807, 2.05) is 36.5 Å². The zero-order valence-corrected chi connectivity index (χ0v) is 22.6. The summed E-state index contributed by atoms with van der Waals surface area (Å²) >= 11 is 0. The van der Waals surface area contributed by atoms with Crippen molar-refractivity contribution in [2.75, 3.05) is 19.5 Å². The predicted octanol–water partition coefficient (Wildman–Crippen LogP) is 6.86. The number of nitrogens with zero attached hydrogens (tertiary/aromatic N) is 2. The molecule has 37 heavy (non-hydrogen) atoms. The first-order chi connectivity index (χ1) is 17.5. The average molecular weight is 502 g/mol. The second-order valence-electron chi connectivity index (χ2n) is 11.0. The van der Waals surface area contributed by atoms with Gasteiger partial charge in [0.1, 0.15) is 34.4 Å². The number of imidazole rings is 1. The lowest BCUT2D eigenvalue weighted by Crippen LogP contribution is -2.36. The van der Waals surface area contributed by atoms with Crippen LogP contribution in [0.5, 0.6) is 17.2 Å². The second kappa shape index (κ2) is 10.2. The highest BCUT2D eigenvalue weighted by molar-refractivity contribution is 5.92. The topological polar surface area (TPSA) is 74.1 Å². The predicted molar refractivity (Wildman–Crippen MR) is 147 cm³/mol. The zero-order valence-electron chi connectivity index (χ0n) is 22.6. The lowest BCUT2D eigenvalue weighted by Gasteiger charge is -2.34. The van der Waals surface area contributed by atoms with Gasteiger partial charge in [0, 0.05) is 23.4 Å². The molecule has 7 nitrogen and oxygen atoms in total. The molecule has 0 spiro atoms. The molecule has 7 heteroatoms. The molecule has 2 aromatic heterocycles. The SMILES string of the molecule is COc1cc(OC)cc(C(=O)Oc2ccc(-c3nc4ccccn4c3NC(C)(C)CC(C)(C)C)cc2)c1. The molecule has 2 aromatic carbocycles. The van der Waals surface area contributed by atoms with Crippen LogP contribution in [0.3, 0.4) is 0 Å². The Bertz CT molecular complexity index is 1380. The Hall–Kier alpha value is -4.00. The van der Waals surface area contributed by atoms with Crippen molar-refractivity contribution >= 4 is 17.4 Å². The fourth-order valence-electron chi connectivity index (χ4n) is 4.78. The van der Waals surface area contributed by atoms with Gasteiger partial charge in [0.15, 0.2) is 0 Å². The first-order valence-electron chi connectivity index (χ1n) is 12.3. The smallest absolute Gasteiger partial charge is 0.343 e. The number of hydrogen-bond donors (Lipinski definition) is 1. The maximum Gasteiger partial charge on any atom is 0.343 e. The van der Waals surface area contributed by atoms with E-state index in [4.69, 9.17) is 19.2 Å². The van der Waals surface area contributed by atoms with Gasteiger partial charge in [-0.1, -0.05) is 26.8 Å². The van der Waals surface area contributed by atoms with Gasteiger partial charge in [-0.25, -0.2) is 9.78 Å². The Labute approximate surface area is 218 Å². The summed E-state index contributed by atoms with van der Waals surface area (Å²) in [5, 5.41) is 3.75. The molecule has 0 fully saturated rings. The molecule has 0 unspecified atom stereocenters. The second-order valence-corrected chi connectivity index (χ2v) is 11.0. The summed E-state index contributed by atoms with van der Waals surface area (Å²) in [4.78, 5) is 17.7. The van der Waals surface area contributed by atoms with E-state index in [0.29, 0.717) is 22.8 Å². The van der Waals surface area contributed by atoms with Crippen LogP contribution in [-0.2, 0) is 0 Å². The van der Waals surface area contributed by atoms with E-state index in [0.717, 1.165) is 29.1 Å². The monoisotopic (exact) mass is 501 g/mol. The van der Waals surface area contributed by atoms with Gasteiger partial charge in [-0.15, -0.1) is 0 Å². The van der Waals surface area contributed by atoms with Crippen LogP contribution in [0.2, 0.25) is 0 Å². The molecule has 0 amide bonds. The number of anilines is 1. The maximum atomic E-state index is 12.8. The van der Waals surface area contributed by atoms with Gasteiger partial charge in [-0.2, -0.15) is 0 Å². The summed E-state index contributed by atoms with van der Waals surface area (Å²) in [5.74, 6) is 1.90. The third-order valence-corrected chi connectivity index (χ3v) is 5.88. The van der Waals surface area contributed by atoms with Gasteiger partial charge in [0.25, 0.3) is 0 Å². The number of rotatable bonds is 8. The van der Waals surface area contributed by atoms with Crippen molar-refractivity contribution in [3.05, 3.63) is 72.4 Å². The summed E-state index contributed by atoms with van der Waals surface area (Å²) in [6, 6.07) is 18.3. The largest absolute Gasteiger partial charge is 0.497 e. The standard InChI is InChI=1S/C30H35N3O4/c1-29(2,3)19-30(4,5)32-27-26(31-25-10-8-9-15-33(25)27)20-11-13-22(14-12-20)37-28(34)21-16-23(35-6)18-24(17-21)36-7/h8-18,32H,19H2,1-7H3. The first kappa shape index (κ1) is 26.1. The molecule has 4 aromatic rings. The Balaban J connectivity index is 1.62. The number of carbonyl (C=O) groups is 1. The number of benzene rings is 2.